The fourth-order valence-electron chi connectivity index (χ4n) is 2.00. The predicted octanol–water partition coefficient (Wildman–Crippen LogP) is 1.50. The van der Waals surface area contributed by atoms with Crippen molar-refractivity contribution in [2.24, 2.45) is 0 Å². The summed E-state index contributed by atoms with van der Waals surface area (Å²) in [6.45, 7) is 3.89. The molecule has 0 fully saturated rings. The summed E-state index contributed by atoms with van der Waals surface area (Å²) in [5, 5.41) is 8.91. The predicted molar refractivity (Wildman–Crippen MR) is 75.9 cm³/mol. The second-order valence-corrected chi connectivity index (χ2v) is 4.66. The van der Waals surface area contributed by atoms with Gasteiger partial charge in [-0.1, -0.05) is 12.1 Å². The van der Waals surface area contributed by atoms with E-state index in [1.165, 1.54) is 0 Å². The van der Waals surface area contributed by atoms with Crippen molar-refractivity contribution in [1.29, 1.82) is 0 Å². The van der Waals surface area contributed by atoms with E-state index >= 15 is 0 Å². The van der Waals surface area contributed by atoms with E-state index < -0.39 is 0 Å². The molecule has 0 amide bonds. The molecule has 0 spiro atoms. The number of H-pyrrole nitrogens is 1. The van der Waals surface area contributed by atoms with Gasteiger partial charge >= 0.3 is 0 Å². The molecule has 5 nitrogen and oxygen atoms in total. The highest BCUT2D eigenvalue weighted by Crippen LogP contribution is 2.13. The molecule has 5 heteroatoms. The third-order valence-electron chi connectivity index (χ3n) is 3.00. The average Bonchev–Trinajstić information content (AvgIpc) is 2.41. The fourth-order valence-corrected chi connectivity index (χ4v) is 2.00. The van der Waals surface area contributed by atoms with E-state index in [2.05, 4.69) is 9.97 Å². The summed E-state index contributed by atoms with van der Waals surface area (Å²) >= 11 is 0. The number of aromatic amines is 1. The maximum absolute atomic E-state index is 11.9. The largest absolute Gasteiger partial charge is 0.486 e. The molecule has 0 aliphatic carbocycles. The molecule has 20 heavy (non-hydrogen) atoms. The summed E-state index contributed by atoms with van der Waals surface area (Å²) in [5.74, 6) is 1.22. The Bertz CT molecular complexity index is 650. The zero-order valence-corrected chi connectivity index (χ0v) is 11.6. The summed E-state index contributed by atoms with van der Waals surface area (Å²) in [4.78, 5) is 18.8. The molecule has 0 saturated heterocycles. The molecule has 106 valence electrons. The highest BCUT2D eigenvalue weighted by atomic mass is 16.5. The minimum Gasteiger partial charge on any atom is -0.486 e. The number of aliphatic hydroxyl groups excluding tert-OH is 1. The highest BCUT2D eigenvalue weighted by molar-refractivity contribution is 5.27. The van der Waals surface area contributed by atoms with E-state index in [0.717, 1.165) is 11.3 Å². The van der Waals surface area contributed by atoms with Crippen molar-refractivity contribution >= 4 is 0 Å². The average molecular weight is 274 g/mol. The Morgan fingerprint density at radius 2 is 2.15 bits per heavy atom. The molecule has 0 atom stereocenters. The minimum absolute atomic E-state index is 0.0647. The number of hydrogen-bond donors (Lipinski definition) is 2. The molecule has 0 radical (unpaired) electrons. The van der Waals surface area contributed by atoms with Crippen LogP contribution in [0.3, 0.4) is 0 Å². The first kappa shape index (κ1) is 14.3. The van der Waals surface area contributed by atoms with Gasteiger partial charge in [0.25, 0.3) is 5.56 Å². The van der Waals surface area contributed by atoms with Gasteiger partial charge < -0.3 is 14.8 Å². The van der Waals surface area contributed by atoms with Crippen LogP contribution in [0.4, 0.5) is 0 Å². The molecular weight excluding hydrogens is 256 g/mol. The van der Waals surface area contributed by atoms with Gasteiger partial charge in [0.15, 0.2) is 0 Å². The van der Waals surface area contributed by atoms with Crippen LogP contribution in [0.2, 0.25) is 0 Å². The van der Waals surface area contributed by atoms with Crippen molar-refractivity contribution in [2.45, 2.75) is 26.9 Å². The lowest BCUT2D eigenvalue weighted by molar-refractivity contribution is 0.292. The van der Waals surface area contributed by atoms with Crippen molar-refractivity contribution < 1.29 is 9.84 Å². The molecule has 0 bridgehead atoms. The zero-order chi connectivity index (χ0) is 14.5. The maximum atomic E-state index is 11.9. The Morgan fingerprint density at radius 3 is 2.80 bits per heavy atom. The van der Waals surface area contributed by atoms with Gasteiger partial charge in [-0.25, -0.2) is 4.98 Å². The second kappa shape index (κ2) is 6.34. The number of aliphatic hydroxyl groups is 1. The van der Waals surface area contributed by atoms with Gasteiger partial charge in [0, 0.05) is 24.3 Å². The van der Waals surface area contributed by atoms with E-state index in [4.69, 9.17) is 9.84 Å². The Kier molecular flexibility index (Phi) is 4.53. The van der Waals surface area contributed by atoms with Crippen LogP contribution in [-0.2, 0) is 13.0 Å². The van der Waals surface area contributed by atoms with Crippen molar-refractivity contribution in [1.82, 2.24) is 9.97 Å². The van der Waals surface area contributed by atoms with E-state index in [0.29, 0.717) is 23.5 Å². The smallest absolute Gasteiger partial charge is 0.254 e. The summed E-state index contributed by atoms with van der Waals surface area (Å²) in [5.41, 5.74) is 2.05. The molecule has 2 aromatic rings. The molecule has 1 aromatic carbocycles. The lowest BCUT2D eigenvalue weighted by atomic mass is 10.2. The number of nitrogens with zero attached hydrogens (tertiary/aromatic N) is 1. The van der Waals surface area contributed by atoms with E-state index in [-0.39, 0.29) is 18.8 Å². The quantitative estimate of drug-likeness (QED) is 0.866. The number of benzene rings is 1. The van der Waals surface area contributed by atoms with Gasteiger partial charge in [-0.2, -0.15) is 0 Å². The monoisotopic (exact) mass is 274 g/mol. The topological polar surface area (TPSA) is 75.2 Å². The van der Waals surface area contributed by atoms with Crippen LogP contribution in [0.1, 0.15) is 22.6 Å². The van der Waals surface area contributed by atoms with Gasteiger partial charge in [0.1, 0.15) is 18.2 Å². The SMILES string of the molecule is Cc1cccc(OCc2nc(C)c(CCO)c(=O)[nH]2)c1. The second-order valence-electron chi connectivity index (χ2n) is 4.66. The van der Waals surface area contributed by atoms with Crippen LogP contribution in [0.15, 0.2) is 29.1 Å². The third kappa shape index (κ3) is 3.45. The summed E-state index contributed by atoms with van der Waals surface area (Å²) in [7, 11) is 0. The van der Waals surface area contributed by atoms with Gasteiger partial charge in [0.2, 0.25) is 0 Å². The van der Waals surface area contributed by atoms with Crippen molar-refractivity contribution in [3.8, 4) is 5.75 Å². The van der Waals surface area contributed by atoms with E-state index in [9.17, 15) is 4.79 Å². The highest BCUT2D eigenvalue weighted by Gasteiger charge is 2.08. The van der Waals surface area contributed by atoms with Gasteiger partial charge in [-0.15, -0.1) is 0 Å². The minimum atomic E-state index is -0.214. The Morgan fingerprint density at radius 1 is 1.35 bits per heavy atom. The van der Waals surface area contributed by atoms with Crippen LogP contribution >= 0.6 is 0 Å². The number of hydrogen-bond acceptors (Lipinski definition) is 4. The number of rotatable bonds is 5. The van der Waals surface area contributed by atoms with Gasteiger partial charge in [-0.05, 0) is 31.5 Å². The summed E-state index contributed by atoms with van der Waals surface area (Å²) < 4.78 is 5.60. The maximum Gasteiger partial charge on any atom is 0.254 e. The fraction of sp³-hybridized carbons (Fsp3) is 0.333. The summed E-state index contributed by atoms with van der Waals surface area (Å²) in [6, 6.07) is 7.68. The molecule has 2 N–H and O–H groups in total. The van der Waals surface area contributed by atoms with Gasteiger partial charge in [-0.3, -0.25) is 4.79 Å². The summed E-state index contributed by atoms with van der Waals surface area (Å²) in [6.07, 6.45) is 0.313. The molecule has 2 rings (SSSR count). The molecule has 0 aliphatic heterocycles. The van der Waals surface area contributed by atoms with Crippen molar-refractivity contribution in [3.05, 3.63) is 57.3 Å². The number of nitrogens with one attached hydrogen (secondary N) is 1. The first-order chi connectivity index (χ1) is 9.60. The number of ether oxygens (including phenoxy) is 1. The van der Waals surface area contributed by atoms with Crippen molar-refractivity contribution in [2.75, 3.05) is 6.61 Å². The van der Waals surface area contributed by atoms with Crippen LogP contribution in [-0.4, -0.2) is 21.7 Å². The van der Waals surface area contributed by atoms with Crippen LogP contribution in [0, 0.1) is 13.8 Å². The molecular formula is C15H18N2O3. The number of aryl methyl sites for hydroxylation is 2. The first-order valence-corrected chi connectivity index (χ1v) is 6.49. The van der Waals surface area contributed by atoms with Crippen LogP contribution < -0.4 is 10.3 Å². The normalized spacial score (nSPS) is 10.6. The van der Waals surface area contributed by atoms with E-state index in [1.54, 1.807) is 6.92 Å². The number of aromatic nitrogens is 2. The molecule has 1 aromatic heterocycles. The lowest BCUT2D eigenvalue weighted by Gasteiger charge is -2.08. The van der Waals surface area contributed by atoms with Crippen LogP contribution in [0.5, 0.6) is 5.75 Å². The molecule has 0 unspecified atom stereocenters. The van der Waals surface area contributed by atoms with Crippen molar-refractivity contribution in [3.63, 3.8) is 0 Å². The first-order valence-electron chi connectivity index (χ1n) is 6.49. The Labute approximate surface area is 117 Å². The standard InChI is InChI=1S/C15H18N2O3/c1-10-4-3-5-12(8-10)20-9-14-16-11(2)13(6-7-18)15(19)17-14/h3-5,8,18H,6-7,9H2,1-2H3,(H,16,17,19). The Hall–Kier alpha value is -2.14. The zero-order valence-electron chi connectivity index (χ0n) is 11.6. The lowest BCUT2D eigenvalue weighted by Crippen LogP contribution is -2.20. The van der Waals surface area contributed by atoms with Crippen LogP contribution in [0.25, 0.3) is 0 Å². The molecule has 0 aliphatic rings. The van der Waals surface area contributed by atoms with Gasteiger partial charge in [0.05, 0.1) is 0 Å². The third-order valence-corrected chi connectivity index (χ3v) is 3.00. The molecule has 1 heterocycles. The van der Waals surface area contributed by atoms with E-state index in [1.807, 2.05) is 31.2 Å². The Balaban J connectivity index is 2.13. The molecule has 0 saturated carbocycles.